The Labute approximate surface area is 112 Å². The van der Waals surface area contributed by atoms with Gasteiger partial charge in [0.15, 0.2) is 0 Å². The minimum absolute atomic E-state index is 0.0252. The second-order valence-corrected chi connectivity index (χ2v) is 5.58. The van der Waals surface area contributed by atoms with Gasteiger partial charge in [-0.1, -0.05) is 20.8 Å². The lowest BCUT2D eigenvalue weighted by Crippen LogP contribution is -2.40. The molecule has 0 radical (unpaired) electrons. The third-order valence-electron chi connectivity index (χ3n) is 2.50. The molecular formula is C11H22N2O4S. The first-order valence-corrected chi connectivity index (χ1v) is 6.73. The molecule has 0 fully saturated rings. The minimum atomic E-state index is -0.738. The third-order valence-corrected chi connectivity index (χ3v) is 3.57. The van der Waals surface area contributed by atoms with Crippen molar-refractivity contribution in [1.82, 2.24) is 0 Å². The summed E-state index contributed by atoms with van der Waals surface area (Å²) in [5, 5.41) is -0.208. The molecule has 0 heterocycles. The van der Waals surface area contributed by atoms with E-state index in [1.165, 1.54) is 18.9 Å². The zero-order valence-corrected chi connectivity index (χ0v) is 12.0. The van der Waals surface area contributed by atoms with Gasteiger partial charge in [-0.25, -0.2) is 0 Å². The Hall–Kier alpha value is -0.790. The number of hydrogen-bond acceptors (Lipinski definition) is 7. The number of nitrogens with two attached hydrogens (primary N) is 2. The van der Waals surface area contributed by atoms with Gasteiger partial charge < -0.3 is 20.9 Å². The first-order chi connectivity index (χ1) is 8.31. The highest BCUT2D eigenvalue weighted by Crippen LogP contribution is 2.15. The van der Waals surface area contributed by atoms with Gasteiger partial charge in [-0.3, -0.25) is 9.59 Å². The average Bonchev–Trinajstić information content (AvgIpc) is 2.35. The summed E-state index contributed by atoms with van der Waals surface area (Å²) in [4.78, 5) is 22.6. The number of rotatable bonds is 7. The molecule has 4 N–H and O–H groups in total. The lowest BCUT2D eigenvalue weighted by atomic mass is 10.1. The van der Waals surface area contributed by atoms with Crippen LogP contribution in [0.1, 0.15) is 20.8 Å². The molecule has 0 saturated carbocycles. The molecule has 0 aliphatic rings. The van der Waals surface area contributed by atoms with Gasteiger partial charge in [0.2, 0.25) is 0 Å². The Morgan fingerprint density at radius 2 is 1.67 bits per heavy atom. The smallest absolute Gasteiger partial charge is 0.324 e. The highest BCUT2D eigenvalue weighted by atomic mass is 32.2. The predicted molar refractivity (Wildman–Crippen MR) is 70.8 cm³/mol. The van der Waals surface area contributed by atoms with Crippen molar-refractivity contribution in [2.45, 2.75) is 38.1 Å². The van der Waals surface area contributed by atoms with Crippen LogP contribution in [-0.2, 0) is 19.1 Å². The molecule has 0 aromatic heterocycles. The van der Waals surface area contributed by atoms with Crippen molar-refractivity contribution in [3.05, 3.63) is 0 Å². The highest BCUT2D eigenvalue weighted by Gasteiger charge is 2.23. The van der Waals surface area contributed by atoms with Crippen LogP contribution in [0.3, 0.4) is 0 Å². The SMILES string of the molecule is COC(=O)C(N)C(C)SCOC(=O)[C@@H](N)C(C)C. The zero-order chi connectivity index (χ0) is 14.3. The fraction of sp³-hybridized carbons (Fsp3) is 0.818. The van der Waals surface area contributed by atoms with Gasteiger partial charge in [-0.15, -0.1) is 11.8 Å². The molecule has 7 heteroatoms. The van der Waals surface area contributed by atoms with E-state index < -0.39 is 24.0 Å². The van der Waals surface area contributed by atoms with E-state index in [0.29, 0.717) is 0 Å². The maximum Gasteiger partial charge on any atom is 0.324 e. The summed E-state index contributed by atoms with van der Waals surface area (Å²) in [6.07, 6.45) is 0. The topological polar surface area (TPSA) is 105 Å². The first kappa shape index (κ1) is 17.2. The molecule has 0 aliphatic carbocycles. The normalized spacial score (nSPS) is 15.9. The van der Waals surface area contributed by atoms with Crippen LogP contribution in [0.15, 0.2) is 0 Å². The Balaban J connectivity index is 3.98. The van der Waals surface area contributed by atoms with Gasteiger partial charge in [-0.2, -0.15) is 0 Å². The Kier molecular flexibility index (Phi) is 7.97. The second kappa shape index (κ2) is 8.34. The van der Waals surface area contributed by atoms with E-state index in [9.17, 15) is 9.59 Å². The number of esters is 2. The lowest BCUT2D eigenvalue weighted by molar-refractivity contribution is -0.144. The molecule has 6 nitrogen and oxygen atoms in total. The van der Waals surface area contributed by atoms with Crippen molar-refractivity contribution in [2.24, 2.45) is 17.4 Å². The molecular weight excluding hydrogens is 256 g/mol. The van der Waals surface area contributed by atoms with Crippen LogP contribution < -0.4 is 11.5 Å². The molecule has 0 aliphatic heterocycles. The number of carbonyl (C=O) groups excluding carboxylic acids is 2. The van der Waals surface area contributed by atoms with Gasteiger partial charge in [0.25, 0.3) is 0 Å². The van der Waals surface area contributed by atoms with Crippen molar-refractivity contribution in [3.63, 3.8) is 0 Å². The molecule has 3 atom stereocenters. The van der Waals surface area contributed by atoms with E-state index >= 15 is 0 Å². The Morgan fingerprint density at radius 1 is 1.11 bits per heavy atom. The molecule has 2 unspecified atom stereocenters. The average molecular weight is 278 g/mol. The largest absolute Gasteiger partial charge is 0.468 e. The van der Waals surface area contributed by atoms with Crippen molar-refractivity contribution in [3.8, 4) is 0 Å². The summed E-state index contributed by atoms with van der Waals surface area (Å²) in [7, 11) is 1.28. The fourth-order valence-electron chi connectivity index (χ4n) is 0.999. The van der Waals surface area contributed by atoms with Gasteiger partial charge in [0, 0.05) is 5.25 Å². The maximum absolute atomic E-state index is 11.4. The van der Waals surface area contributed by atoms with Crippen LogP contribution in [0.2, 0.25) is 0 Å². The lowest BCUT2D eigenvalue weighted by Gasteiger charge is -2.18. The van der Waals surface area contributed by atoms with Crippen LogP contribution >= 0.6 is 11.8 Å². The summed E-state index contributed by atoms with van der Waals surface area (Å²) < 4.78 is 9.52. The molecule has 0 rings (SSSR count). The summed E-state index contributed by atoms with van der Waals surface area (Å²) >= 11 is 1.26. The number of carbonyl (C=O) groups is 2. The number of thioether (sulfide) groups is 1. The van der Waals surface area contributed by atoms with E-state index in [-0.39, 0.29) is 17.1 Å². The van der Waals surface area contributed by atoms with Gasteiger partial charge in [-0.05, 0) is 5.92 Å². The first-order valence-electron chi connectivity index (χ1n) is 5.68. The van der Waals surface area contributed by atoms with E-state index in [1.54, 1.807) is 6.92 Å². The monoisotopic (exact) mass is 278 g/mol. The molecule has 0 spiro atoms. The minimum Gasteiger partial charge on any atom is -0.468 e. The van der Waals surface area contributed by atoms with Crippen LogP contribution in [0.5, 0.6) is 0 Å². The fourth-order valence-corrected chi connectivity index (χ4v) is 1.72. The molecule has 0 bridgehead atoms. The van der Waals surface area contributed by atoms with E-state index in [0.717, 1.165) is 0 Å². The molecule has 0 amide bonds. The van der Waals surface area contributed by atoms with Gasteiger partial charge >= 0.3 is 11.9 Å². The Morgan fingerprint density at radius 3 is 2.11 bits per heavy atom. The van der Waals surface area contributed by atoms with Crippen LogP contribution in [0, 0.1) is 5.92 Å². The standard InChI is InChI=1S/C11H22N2O4S/c1-6(2)8(12)11(15)17-5-18-7(3)9(13)10(14)16-4/h6-9H,5,12-13H2,1-4H3/t7?,8-,9?/m0/s1. The number of hydrogen-bond donors (Lipinski definition) is 2. The van der Waals surface area contributed by atoms with Crippen LogP contribution in [0.4, 0.5) is 0 Å². The highest BCUT2D eigenvalue weighted by molar-refractivity contribution is 7.99. The molecule has 0 aromatic carbocycles. The van der Waals surface area contributed by atoms with Crippen LogP contribution in [0.25, 0.3) is 0 Å². The van der Waals surface area contributed by atoms with E-state index in [2.05, 4.69) is 4.74 Å². The van der Waals surface area contributed by atoms with Crippen molar-refractivity contribution >= 4 is 23.7 Å². The Bertz CT molecular complexity index is 286. The van der Waals surface area contributed by atoms with Crippen molar-refractivity contribution in [1.29, 1.82) is 0 Å². The summed E-state index contributed by atoms with van der Waals surface area (Å²) in [5.41, 5.74) is 11.3. The van der Waals surface area contributed by atoms with Gasteiger partial charge in [0.1, 0.15) is 18.0 Å². The molecule has 106 valence electrons. The van der Waals surface area contributed by atoms with E-state index in [1.807, 2.05) is 13.8 Å². The molecule has 18 heavy (non-hydrogen) atoms. The van der Waals surface area contributed by atoms with E-state index in [4.69, 9.17) is 16.2 Å². The molecule has 0 aromatic rings. The number of methoxy groups -OCH3 is 1. The summed E-state index contributed by atoms with van der Waals surface area (Å²) in [5.74, 6) is -0.792. The second-order valence-electron chi connectivity index (χ2n) is 4.27. The third kappa shape index (κ3) is 5.70. The maximum atomic E-state index is 11.4. The predicted octanol–water partition coefficient (Wildman–Crippen LogP) is 0.0924. The van der Waals surface area contributed by atoms with Crippen molar-refractivity contribution < 1.29 is 19.1 Å². The van der Waals surface area contributed by atoms with Gasteiger partial charge in [0.05, 0.1) is 7.11 Å². The number of ether oxygens (including phenoxy) is 2. The summed E-state index contributed by atoms with van der Waals surface area (Å²) in [6, 6.07) is -1.37. The van der Waals surface area contributed by atoms with Crippen LogP contribution in [-0.4, -0.2) is 42.3 Å². The van der Waals surface area contributed by atoms with Crippen molar-refractivity contribution in [2.75, 3.05) is 13.0 Å². The quantitative estimate of drug-likeness (QED) is 0.502. The summed E-state index contributed by atoms with van der Waals surface area (Å²) in [6.45, 7) is 5.45. The molecule has 0 saturated heterocycles. The zero-order valence-electron chi connectivity index (χ0n) is 11.2.